The topological polar surface area (TPSA) is 147 Å². The monoisotopic (exact) mass is 620 g/mol. The third-order valence-corrected chi connectivity index (χ3v) is 7.78. The molecule has 4 rings (SSSR count). The molecule has 12 heteroatoms. The maximum atomic E-state index is 13.3. The van der Waals surface area contributed by atoms with Gasteiger partial charge in [-0.3, -0.25) is 14.4 Å². The van der Waals surface area contributed by atoms with Gasteiger partial charge in [0.05, 0.1) is 10.6 Å². The average Bonchev–Trinajstić information content (AvgIpc) is 2.96. The summed E-state index contributed by atoms with van der Waals surface area (Å²) in [4.78, 5) is 39.2. The molecule has 0 spiro atoms. The number of rotatable bonds is 10. The van der Waals surface area contributed by atoms with Crippen LogP contribution in [0.2, 0.25) is 5.02 Å². The summed E-state index contributed by atoms with van der Waals surface area (Å²) in [7, 11) is -3.83. The Hall–Kier alpha value is -4.42. The second-order valence-electron chi connectivity index (χ2n) is 8.82. The van der Waals surface area contributed by atoms with Crippen LogP contribution in [0.5, 0.6) is 0 Å². The fourth-order valence-electron chi connectivity index (χ4n) is 3.64. The highest BCUT2D eigenvalue weighted by atomic mass is 35.5. The number of thioether (sulfide) groups is 1. The summed E-state index contributed by atoms with van der Waals surface area (Å²) < 4.78 is 22.8. The number of primary sulfonamides is 1. The number of carbonyl (C=O) groups excluding carboxylic acids is 3. The highest BCUT2D eigenvalue weighted by Gasteiger charge is 2.16. The number of nitrogens with one attached hydrogen (secondary N) is 3. The highest BCUT2D eigenvalue weighted by molar-refractivity contribution is 8.00. The van der Waals surface area contributed by atoms with E-state index >= 15 is 0 Å². The van der Waals surface area contributed by atoms with Gasteiger partial charge in [0.2, 0.25) is 15.9 Å². The fourth-order valence-corrected chi connectivity index (χ4v) is 5.11. The summed E-state index contributed by atoms with van der Waals surface area (Å²) in [5.41, 5.74) is 1.90. The van der Waals surface area contributed by atoms with Gasteiger partial charge in [0, 0.05) is 26.9 Å². The number of hydrogen-bond donors (Lipinski definition) is 4. The zero-order valence-corrected chi connectivity index (χ0v) is 24.3. The van der Waals surface area contributed by atoms with Crippen LogP contribution in [0.1, 0.15) is 15.9 Å². The molecule has 9 nitrogen and oxygen atoms in total. The molecule has 0 atom stereocenters. The lowest BCUT2D eigenvalue weighted by atomic mass is 10.1. The van der Waals surface area contributed by atoms with Gasteiger partial charge in [-0.1, -0.05) is 48.0 Å². The fraction of sp³-hybridized carbons (Fsp3) is 0.0333. The van der Waals surface area contributed by atoms with Gasteiger partial charge >= 0.3 is 0 Å². The molecule has 4 aromatic rings. The van der Waals surface area contributed by atoms with Crippen LogP contribution in [-0.2, 0) is 19.6 Å². The first-order valence-corrected chi connectivity index (χ1v) is 15.3. The van der Waals surface area contributed by atoms with E-state index in [1.54, 1.807) is 78.9 Å². The molecule has 0 bridgehead atoms. The summed E-state index contributed by atoms with van der Waals surface area (Å²) in [6, 6.07) is 27.8. The Morgan fingerprint density at radius 2 is 1.52 bits per heavy atom. The molecular formula is C30H25ClN4O5S2. The van der Waals surface area contributed by atoms with E-state index < -0.39 is 21.8 Å². The molecule has 3 amide bonds. The molecule has 0 aromatic heterocycles. The van der Waals surface area contributed by atoms with E-state index in [0.717, 1.165) is 0 Å². The minimum Gasteiger partial charge on any atom is -0.325 e. The van der Waals surface area contributed by atoms with Gasteiger partial charge in [-0.15, -0.1) is 11.8 Å². The third-order valence-electron chi connectivity index (χ3n) is 5.62. The SMILES string of the molecule is NS(=O)(=O)c1ccc(NC(=O)CSc2cccc(NC(=O)/C(=C/c3cccc(Cl)c3)NC(=O)c3ccccc3)c2)cc1. The van der Waals surface area contributed by atoms with Crippen molar-refractivity contribution in [2.45, 2.75) is 9.79 Å². The van der Waals surface area contributed by atoms with Crippen molar-refractivity contribution in [2.75, 3.05) is 16.4 Å². The first kappa shape index (κ1) is 30.5. The quantitative estimate of drug-likeness (QED) is 0.143. The number of sulfonamides is 1. The van der Waals surface area contributed by atoms with Crippen LogP contribution in [0.4, 0.5) is 11.4 Å². The van der Waals surface area contributed by atoms with Crippen molar-refractivity contribution < 1.29 is 22.8 Å². The Balaban J connectivity index is 1.42. The molecule has 0 aliphatic rings. The summed E-state index contributed by atoms with van der Waals surface area (Å²) in [5.74, 6) is -1.26. The van der Waals surface area contributed by atoms with E-state index in [1.165, 1.54) is 42.1 Å². The zero-order chi connectivity index (χ0) is 30.1. The molecule has 0 radical (unpaired) electrons. The van der Waals surface area contributed by atoms with Gasteiger partial charge < -0.3 is 16.0 Å². The van der Waals surface area contributed by atoms with Gasteiger partial charge in [-0.05, 0) is 78.4 Å². The molecule has 0 saturated carbocycles. The molecule has 42 heavy (non-hydrogen) atoms. The Labute approximate surface area is 252 Å². The standard InChI is InChI=1S/C30H25ClN4O5S2/c31-22-9-4-6-20(16-22)17-27(35-29(37)21-7-2-1-3-8-21)30(38)34-24-10-5-11-25(18-24)41-19-28(36)33-23-12-14-26(15-13-23)42(32,39)40/h1-18H,19H2,(H,33,36)(H,34,38)(H,35,37)(H2,32,39,40)/b27-17-. The van der Waals surface area contributed by atoms with Gasteiger partial charge in [-0.2, -0.15) is 0 Å². The van der Waals surface area contributed by atoms with E-state index in [0.29, 0.717) is 32.4 Å². The van der Waals surface area contributed by atoms with Crippen molar-refractivity contribution in [2.24, 2.45) is 5.14 Å². The van der Waals surface area contributed by atoms with Crippen LogP contribution in [0.25, 0.3) is 6.08 Å². The number of hydrogen-bond acceptors (Lipinski definition) is 6. The predicted molar refractivity (Wildman–Crippen MR) is 166 cm³/mol. The van der Waals surface area contributed by atoms with Crippen LogP contribution in [-0.4, -0.2) is 31.9 Å². The molecule has 0 heterocycles. The van der Waals surface area contributed by atoms with Gasteiger partial charge in [0.25, 0.3) is 11.8 Å². The summed E-state index contributed by atoms with van der Waals surface area (Å²) in [5, 5.41) is 13.7. The summed E-state index contributed by atoms with van der Waals surface area (Å²) >= 11 is 7.34. The first-order chi connectivity index (χ1) is 20.1. The second kappa shape index (κ2) is 14.0. The number of carbonyl (C=O) groups is 3. The van der Waals surface area contributed by atoms with Gasteiger partial charge in [-0.25, -0.2) is 13.6 Å². The largest absolute Gasteiger partial charge is 0.325 e. The lowest BCUT2D eigenvalue weighted by molar-refractivity contribution is -0.114. The van der Waals surface area contributed by atoms with Crippen LogP contribution in [0.15, 0.2) is 119 Å². The number of halogens is 1. The summed E-state index contributed by atoms with van der Waals surface area (Å²) in [6.07, 6.45) is 1.53. The Morgan fingerprint density at radius 3 is 2.21 bits per heavy atom. The number of benzene rings is 4. The minimum absolute atomic E-state index is 0.0111. The average molecular weight is 621 g/mol. The van der Waals surface area contributed by atoms with Crippen molar-refractivity contribution >= 4 is 68.6 Å². The van der Waals surface area contributed by atoms with Crippen molar-refractivity contribution in [3.05, 3.63) is 125 Å². The zero-order valence-electron chi connectivity index (χ0n) is 21.9. The molecule has 4 aromatic carbocycles. The maximum Gasteiger partial charge on any atom is 0.272 e. The predicted octanol–water partition coefficient (Wildman–Crippen LogP) is 5.13. The molecule has 0 saturated heterocycles. The van der Waals surface area contributed by atoms with Crippen molar-refractivity contribution in [1.29, 1.82) is 0 Å². The van der Waals surface area contributed by atoms with Crippen LogP contribution >= 0.6 is 23.4 Å². The third kappa shape index (κ3) is 9.05. The smallest absolute Gasteiger partial charge is 0.272 e. The molecule has 0 aliphatic carbocycles. The van der Waals surface area contributed by atoms with E-state index in [2.05, 4.69) is 16.0 Å². The lowest BCUT2D eigenvalue weighted by Crippen LogP contribution is -2.30. The molecule has 214 valence electrons. The maximum absolute atomic E-state index is 13.3. The van der Waals surface area contributed by atoms with Gasteiger partial charge in [0.1, 0.15) is 5.70 Å². The van der Waals surface area contributed by atoms with Crippen LogP contribution in [0.3, 0.4) is 0 Å². The lowest BCUT2D eigenvalue weighted by Gasteiger charge is -2.12. The Kier molecular flexibility index (Phi) is 10.2. The number of nitrogens with two attached hydrogens (primary N) is 1. The van der Waals surface area contributed by atoms with Gasteiger partial charge in [0.15, 0.2) is 0 Å². The second-order valence-corrected chi connectivity index (χ2v) is 11.9. The summed E-state index contributed by atoms with van der Waals surface area (Å²) in [6.45, 7) is 0. The van der Waals surface area contributed by atoms with Crippen LogP contribution < -0.4 is 21.1 Å². The number of amides is 3. The first-order valence-electron chi connectivity index (χ1n) is 12.4. The normalized spacial score (nSPS) is 11.4. The molecule has 0 aliphatic heterocycles. The van der Waals surface area contributed by atoms with Crippen molar-refractivity contribution in [3.8, 4) is 0 Å². The molecule has 0 fully saturated rings. The van der Waals surface area contributed by atoms with Crippen molar-refractivity contribution in [3.63, 3.8) is 0 Å². The van der Waals surface area contributed by atoms with E-state index in [1.807, 2.05) is 0 Å². The van der Waals surface area contributed by atoms with Crippen molar-refractivity contribution in [1.82, 2.24) is 5.32 Å². The van der Waals surface area contributed by atoms with E-state index in [4.69, 9.17) is 16.7 Å². The van der Waals surface area contributed by atoms with Crippen LogP contribution in [0, 0.1) is 0 Å². The van der Waals surface area contributed by atoms with E-state index in [9.17, 15) is 22.8 Å². The van der Waals surface area contributed by atoms with E-state index in [-0.39, 0.29) is 22.3 Å². The molecule has 0 unspecified atom stereocenters. The minimum atomic E-state index is -3.83. The highest BCUT2D eigenvalue weighted by Crippen LogP contribution is 2.23. The Bertz CT molecular complexity index is 1750. The Morgan fingerprint density at radius 1 is 0.810 bits per heavy atom. The number of anilines is 2. The molecule has 5 N–H and O–H groups in total. The molecular weight excluding hydrogens is 596 g/mol.